The maximum atomic E-state index is 11.2. The summed E-state index contributed by atoms with van der Waals surface area (Å²) >= 11 is 3.38. The van der Waals surface area contributed by atoms with E-state index in [1.807, 2.05) is 24.3 Å². The molecule has 1 aromatic carbocycles. The van der Waals surface area contributed by atoms with Crippen LogP contribution in [0, 0.1) is 5.92 Å². The number of esters is 1. The van der Waals surface area contributed by atoms with Gasteiger partial charge in [0.05, 0.1) is 5.92 Å². The third kappa shape index (κ3) is 2.07. The van der Waals surface area contributed by atoms with Crippen LogP contribution in [0.4, 0.5) is 0 Å². The molecule has 80 valence electrons. The van der Waals surface area contributed by atoms with E-state index in [4.69, 9.17) is 4.74 Å². The number of benzene rings is 1. The molecule has 1 fully saturated rings. The topological polar surface area (TPSA) is 26.3 Å². The first-order valence-corrected chi connectivity index (χ1v) is 5.97. The zero-order valence-corrected chi connectivity index (χ0v) is 10.2. The van der Waals surface area contributed by atoms with Gasteiger partial charge in [0.1, 0.15) is 6.10 Å². The van der Waals surface area contributed by atoms with Gasteiger partial charge in [0, 0.05) is 4.47 Å². The van der Waals surface area contributed by atoms with Gasteiger partial charge >= 0.3 is 5.97 Å². The molecule has 0 spiro atoms. The molecule has 0 unspecified atom stereocenters. The monoisotopic (exact) mass is 268 g/mol. The maximum absolute atomic E-state index is 11.2. The molecule has 0 saturated carbocycles. The Hall–Kier alpha value is -0.830. The van der Waals surface area contributed by atoms with E-state index < -0.39 is 0 Å². The normalized spacial score (nSPS) is 24.5. The van der Waals surface area contributed by atoms with E-state index in [9.17, 15) is 4.79 Å². The van der Waals surface area contributed by atoms with Gasteiger partial charge in [-0.2, -0.15) is 0 Å². The first kappa shape index (κ1) is 10.7. The average molecular weight is 269 g/mol. The summed E-state index contributed by atoms with van der Waals surface area (Å²) in [6.45, 7) is 2.09. The van der Waals surface area contributed by atoms with Gasteiger partial charge in [-0.15, -0.1) is 0 Å². The summed E-state index contributed by atoms with van der Waals surface area (Å²) in [4.78, 5) is 11.2. The highest BCUT2D eigenvalue weighted by Gasteiger charge is 2.42. The Balaban J connectivity index is 2.11. The Kier molecular flexibility index (Phi) is 3.10. The van der Waals surface area contributed by atoms with Gasteiger partial charge < -0.3 is 4.74 Å². The van der Waals surface area contributed by atoms with E-state index in [0.717, 1.165) is 22.9 Å². The quantitative estimate of drug-likeness (QED) is 0.785. The van der Waals surface area contributed by atoms with Gasteiger partial charge in [0.2, 0.25) is 0 Å². The van der Waals surface area contributed by atoms with Gasteiger partial charge in [0.25, 0.3) is 0 Å². The van der Waals surface area contributed by atoms with Crippen molar-refractivity contribution in [1.82, 2.24) is 0 Å². The van der Waals surface area contributed by atoms with Crippen LogP contribution < -0.4 is 0 Å². The fourth-order valence-corrected chi connectivity index (χ4v) is 2.14. The lowest BCUT2D eigenvalue weighted by atomic mass is 9.87. The van der Waals surface area contributed by atoms with Crippen molar-refractivity contribution in [2.24, 2.45) is 5.92 Å². The summed E-state index contributed by atoms with van der Waals surface area (Å²) in [7, 11) is 0. The van der Waals surface area contributed by atoms with Crippen LogP contribution in [0.5, 0.6) is 0 Å². The Bertz CT molecular complexity index is 358. The Morgan fingerprint density at radius 2 is 2.00 bits per heavy atom. The zero-order chi connectivity index (χ0) is 10.8. The van der Waals surface area contributed by atoms with Crippen molar-refractivity contribution in [2.75, 3.05) is 0 Å². The van der Waals surface area contributed by atoms with Crippen molar-refractivity contribution in [3.63, 3.8) is 0 Å². The van der Waals surface area contributed by atoms with Crippen LogP contribution in [0.3, 0.4) is 0 Å². The summed E-state index contributed by atoms with van der Waals surface area (Å²) in [5.74, 6) is 0.0148. The third-order valence-corrected chi connectivity index (χ3v) is 3.24. The van der Waals surface area contributed by atoms with Gasteiger partial charge in [-0.25, -0.2) is 0 Å². The number of hydrogen-bond acceptors (Lipinski definition) is 2. The van der Waals surface area contributed by atoms with E-state index >= 15 is 0 Å². The van der Waals surface area contributed by atoms with Crippen molar-refractivity contribution < 1.29 is 9.53 Å². The minimum Gasteiger partial charge on any atom is -0.456 e. The third-order valence-electron chi connectivity index (χ3n) is 2.71. The Morgan fingerprint density at radius 1 is 1.33 bits per heavy atom. The predicted octanol–water partition coefficient (Wildman–Crippen LogP) is 3.46. The molecule has 2 nitrogen and oxygen atoms in total. The minimum absolute atomic E-state index is 0.0226. The number of carbonyl (C=O) groups is 1. The van der Waals surface area contributed by atoms with Crippen molar-refractivity contribution >= 4 is 21.9 Å². The number of rotatable bonds is 3. The van der Waals surface area contributed by atoms with E-state index in [-0.39, 0.29) is 18.0 Å². The van der Waals surface area contributed by atoms with Crippen LogP contribution in [0.15, 0.2) is 28.7 Å². The number of halogens is 1. The molecule has 0 N–H and O–H groups in total. The van der Waals surface area contributed by atoms with Crippen LogP contribution in [-0.2, 0) is 9.53 Å². The SMILES string of the molecule is CCC[C@H]1C(=O)O[C@@H]1c1ccc(Br)cc1. The Morgan fingerprint density at radius 3 is 2.53 bits per heavy atom. The highest BCUT2D eigenvalue weighted by molar-refractivity contribution is 9.10. The van der Waals surface area contributed by atoms with E-state index in [2.05, 4.69) is 22.9 Å². The summed E-state index contributed by atoms with van der Waals surface area (Å²) in [5, 5.41) is 0. The molecule has 1 saturated heterocycles. The van der Waals surface area contributed by atoms with Crippen LogP contribution >= 0.6 is 15.9 Å². The molecule has 0 aliphatic carbocycles. The van der Waals surface area contributed by atoms with E-state index in [1.54, 1.807) is 0 Å². The highest BCUT2D eigenvalue weighted by atomic mass is 79.9. The van der Waals surface area contributed by atoms with Crippen LogP contribution in [0.25, 0.3) is 0 Å². The maximum Gasteiger partial charge on any atom is 0.313 e. The van der Waals surface area contributed by atoms with Crippen LogP contribution in [0.2, 0.25) is 0 Å². The lowest BCUT2D eigenvalue weighted by Gasteiger charge is -2.35. The second-order valence-electron chi connectivity index (χ2n) is 3.80. The fourth-order valence-electron chi connectivity index (χ4n) is 1.88. The molecule has 1 heterocycles. The molecule has 1 aliphatic heterocycles. The summed E-state index contributed by atoms with van der Waals surface area (Å²) in [6, 6.07) is 7.96. The second-order valence-corrected chi connectivity index (χ2v) is 4.72. The molecule has 2 atom stereocenters. The van der Waals surface area contributed by atoms with Crippen molar-refractivity contribution in [2.45, 2.75) is 25.9 Å². The van der Waals surface area contributed by atoms with Crippen molar-refractivity contribution in [3.05, 3.63) is 34.3 Å². The highest BCUT2D eigenvalue weighted by Crippen LogP contribution is 2.39. The summed E-state index contributed by atoms with van der Waals surface area (Å²) in [5.41, 5.74) is 1.09. The van der Waals surface area contributed by atoms with Crippen molar-refractivity contribution in [1.29, 1.82) is 0 Å². The van der Waals surface area contributed by atoms with Gasteiger partial charge in [-0.3, -0.25) is 4.79 Å². The smallest absolute Gasteiger partial charge is 0.313 e. The molecule has 3 heteroatoms. The molecule has 1 aliphatic rings. The molecule has 0 amide bonds. The average Bonchev–Trinajstić information content (AvgIpc) is 2.24. The molecular weight excluding hydrogens is 256 g/mol. The van der Waals surface area contributed by atoms with E-state index in [0.29, 0.717) is 0 Å². The predicted molar refractivity (Wildman–Crippen MR) is 61.4 cm³/mol. The van der Waals surface area contributed by atoms with Gasteiger partial charge in [0.15, 0.2) is 0 Å². The van der Waals surface area contributed by atoms with Gasteiger partial charge in [-0.1, -0.05) is 41.4 Å². The molecule has 0 bridgehead atoms. The minimum atomic E-state index is -0.0511. The largest absolute Gasteiger partial charge is 0.456 e. The molecular formula is C12H13BrO2. The first-order valence-electron chi connectivity index (χ1n) is 5.18. The molecule has 15 heavy (non-hydrogen) atoms. The molecule has 1 aromatic rings. The summed E-state index contributed by atoms with van der Waals surface area (Å²) in [6.07, 6.45) is 1.91. The van der Waals surface area contributed by atoms with Crippen LogP contribution in [0.1, 0.15) is 31.4 Å². The zero-order valence-electron chi connectivity index (χ0n) is 8.57. The first-order chi connectivity index (χ1) is 7.22. The lowest BCUT2D eigenvalue weighted by Crippen LogP contribution is -2.38. The summed E-state index contributed by atoms with van der Waals surface area (Å²) < 4.78 is 6.22. The van der Waals surface area contributed by atoms with Crippen molar-refractivity contribution in [3.8, 4) is 0 Å². The second kappa shape index (κ2) is 4.35. The number of ether oxygens (including phenoxy) is 1. The molecule has 0 radical (unpaired) electrons. The number of carbonyl (C=O) groups excluding carboxylic acids is 1. The number of hydrogen-bond donors (Lipinski definition) is 0. The lowest BCUT2D eigenvalue weighted by molar-refractivity contribution is -0.186. The molecule has 2 rings (SSSR count). The number of cyclic esters (lactones) is 1. The van der Waals surface area contributed by atoms with E-state index in [1.165, 1.54) is 0 Å². The van der Waals surface area contributed by atoms with Gasteiger partial charge in [-0.05, 0) is 24.1 Å². The molecule has 0 aromatic heterocycles. The Labute approximate surface area is 97.8 Å². The standard InChI is InChI=1S/C12H13BrO2/c1-2-3-10-11(15-12(10)14)8-4-6-9(13)7-5-8/h4-7,10-11H,2-3H2,1H3/t10-,11-/m1/s1. The fraction of sp³-hybridized carbons (Fsp3) is 0.417. The van der Waals surface area contributed by atoms with Crippen LogP contribution in [-0.4, -0.2) is 5.97 Å².